The second kappa shape index (κ2) is 6.61. The monoisotopic (exact) mass is 310 g/mol. The molecule has 122 valence electrons. The summed E-state index contributed by atoms with van der Waals surface area (Å²) in [4.78, 5) is 25.8. The van der Waals surface area contributed by atoms with E-state index < -0.39 is 30.2 Å². The van der Waals surface area contributed by atoms with Crippen molar-refractivity contribution in [2.75, 3.05) is 39.8 Å². The minimum atomic E-state index is -4.23. The Kier molecular flexibility index (Phi) is 5.57. The Morgan fingerprint density at radius 1 is 1.24 bits per heavy atom. The SMILES string of the molecule is CNC(=O)NC(=O)CN1CCN(CC(F)(F)F)CC1(C)C. The zero-order valence-electron chi connectivity index (χ0n) is 12.4. The van der Waals surface area contributed by atoms with Crippen molar-refractivity contribution in [3.05, 3.63) is 0 Å². The number of piperazine rings is 1. The van der Waals surface area contributed by atoms with Crippen LogP contribution in [-0.2, 0) is 4.79 Å². The third kappa shape index (κ3) is 5.88. The Hall–Kier alpha value is -1.35. The molecular weight excluding hydrogens is 289 g/mol. The summed E-state index contributed by atoms with van der Waals surface area (Å²) in [7, 11) is 1.39. The highest BCUT2D eigenvalue weighted by Crippen LogP contribution is 2.24. The third-order valence-corrected chi connectivity index (χ3v) is 3.37. The Morgan fingerprint density at radius 2 is 1.86 bits per heavy atom. The van der Waals surface area contributed by atoms with E-state index in [4.69, 9.17) is 0 Å². The molecule has 0 aromatic carbocycles. The number of alkyl halides is 3. The number of hydrogen-bond acceptors (Lipinski definition) is 4. The third-order valence-electron chi connectivity index (χ3n) is 3.37. The summed E-state index contributed by atoms with van der Waals surface area (Å²) >= 11 is 0. The van der Waals surface area contributed by atoms with E-state index in [-0.39, 0.29) is 19.6 Å². The van der Waals surface area contributed by atoms with Gasteiger partial charge in [0.15, 0.2) is 0 Å². The highest BCUT2D eigenvalue weighted by Gasteiger charge is 2.39. The highest BCUT2D eigenvalue weighted by molar-refractivity contribution is 5.95. The fourth-order valence-corrected chi connectivity index (χ4v) is 2.37. The van der Waals surface area contributed by atoms with Gasteiger partial charge in [0.2, 0.25) is 5.91 Å². The molecule has 3 amide bonds. The van der Waals surface area contributed by atoms with Crippen molar-refractivity contribution in [3.8, 4) is 0 Å². The van der Waals surface area contributed by atoms with Crippen LogP contribution >= 0.6 is 0 Å². The molecule has 1 aliphatic rings. The van der Waals surface area contributed by atoms with E-state index in [2.05, 4.69) is 10.6 Å². The van der Waals surface area contributed by atoms with Crippen LogP contribution in [0.3, 0.4) is 0 Å². The molecule has 6 nitrogen and oxygen atoms in total. The van der Waals surface area contributed by atoms with E-state index >= 15 is 0 Å². The lowest BCUT2D eigenvalue weighted by Gasteiger charge is -2.46. The first-order valence-corrected chi connectivity index (χ1v) is 6.59. The maximum Gasteiger partial charge on any atom is 0.401 e. The molecule has 0 atom stereocenters. The molecule has 0 aliphatic carbocycles. The summed E-state index contributed by atoms with van der Waals surface area (Å²) in [5.74, 6) is -0.480. The number of urea groups is 1. The van der Waals surface area contributed by atoms with Crippen LogP contribution < -0.4 is 10.6 Å². The van der Waals surface area contributed by atoms with Crippen LogP contribution in [0, 0.1) is 0 Å². The number of nitrogens with one attached hydrogen (secondary N) is 2. The number of nitrogens with zero attached hydrogens (tertiary/aromatic N) is 2. The predicted octanol–water partition coefficient (Wildman–Crippen LogP) is 0.400. The molecule has 1 rings (SSSR count). The van der Waals surface area contributed by atoms with E-state index in [0.29, 0.717) is 6.54 Å². The number of amides is 3. The second-order valence-corrected chi connectivity index (χ2v) is 5.69. The Morgan fingerprint density at radius 3 is 2.33 bits per heavy atom. The van der Waals surface area contributed by atoms with Gasteiger partial charge in [0.05, 0.1) is 13.1 Å². The van der Waals surface area contributed by atoms with Gasteiger partial charge < -0.3 is 5.32 Å². The fraction of sp³-hybridized carbons (Fsp3) is 0.833. The van der Waals surface area contributed by atoms with Crippen molar-refractivity contribution in [1.29, 1.82) is 0 Å². The van der Waals surface area contributed by atoms with Crippen LogP contribution in [0.4, 0.5) is 18.0 Å². The number of carbonyl (C=O) groups excluding carboxylic acids is 2. The Balaban J connectivity index is 2.56. The average Bonchev–Trinajstić information content (AvgIpc) is 2.29. The molecule has 0 aromatic rings. The molecule has 0 spiro atoms. The van der Waals surface area contributed by atoms with Gasteiger partial charge in [-0.25, -0.2) is 4.79 Å². The maximum atomic E-state index is 12.4. The van der Waals surface area contributed by atoms with Gasteiger partial charge in [-0.05, 0) is 13.8 Å². The maximum absolute atomic E-state index is 12.4. The first kappa shape index (κ1) is 17.7. The largest absolute Gasteiger partial charge is 0.401 e. The van der Waals surface area contributed by atoms with Crippen LogP contribution in [0.15, 0.2) is 0 Å². The molecule has 0 saturated carbocycles. The molecule has 1 fully saturated rings. The zero-order valence-corrected chi connectivity index (χ0v) is 12.4. The first-order valence-electron chi connectivity index (χ1n) is 6.59. The smallest absolute Gasteiger partial charge is 0.341 e. The minimum Gasteiger partial charge on any atom is -0.341 e. The van der Waals surface area contributed by atoms with E-state index in [1.807, 2.05) is 0 Å². The van der Waals surface area contributed by atoms with Gasteiger partial charge in [0, 0.05) is 32.2 Å². The van der Waals surface area contributed by atoms with E-state index in [1.54, 1.807) is 18.7 Å². The summed E-state index contributed by atoms with van der Waals surface area (Å²) in [5.41, 5.74) is -0.580. The van der Waals surface area contributed by atoms with Crippen molar-refractivity contribution in [3.63, 3.8) is 0 Å². The van der Waals surface area contributed by atoms with Crippen LogP contribution in [0.2, 0.25) is 0 Å². The van der Waals surface area contributed by atoms with Gasteiger partial charge in [-0.15, -0.1) is 0 Å². The van der Waals surface area contributed by atoms with Crippen molar-refractivity contribution in [1.82, 2.24) is 20.4 Å². The molecule has 0 unspecified atom stereocenters. The van der Waals surface area contributed by atoms with Gasteiger partial charge >= 0.3 is 12.2 Å². The topological polar surface area (TPSA) is 64.7 Å². The molecule has 0 bridgehead atoms. The van der Waals surface area contributed by atoms with E-state index in [0.717, 1.165) is 0 Å². The zero-order chi connectivity index (χ0) is 16.3. The summed E-state index contributed by atoms with van der Waals surface area (Å²) in [5, 5.41) is 4.40. The molecule has 1 aliphatic heterocycles. The molecule has 1 heterocycles. The molecule has 1 saturated heterocycles. The van der Waals surface area contributed by atoms with Crippen LogP contribution in [0.5, 0.6) is 0 Å². The van der Waals surface area contributed by atoms with Crippen LogP contribution in [0.1, 0.15) is 13.8 Å². The molecular formula is C12H21F3N4O2. The standard InChI is InChI=1S/C12H21F3N4O2/c1-11(2)7-18(8-12(13,14)15)4-5-19(11)6-9(20)17-10(21)16-3/h4-8H2,1-3H3,(H2,16,17,20,21). The molecule has 21 heavy (non-hydrogen) atoms. The van der Waals surface area contributed by atoms with Crippen molar-refractivity contribution < 1.29 is 22.8 Å². The van der Waals surface area contributed by atoms with Crippen molar-refractivity contribution in [2.24, 2.45) is 0 Å². The Bertz CT molecular complexity index is 398. The highest BCUT2D eigenvalue weighted by atomic mass is 19.4. The summed E-state index contributed by atoms with van der Waals surface area (Å²) < 4.78 is 37.3. The molecule has 0 radical (unpaired) electrons. The normalized spacial score (nSPS) is 20.1. The minimum absolute atomic E-state index is 0.0275. The predicted molar refractivity (Wildman–Crippen MR) is 70.7 cm³/mol. The van der Waals surface area contributed by atoms with Crippen LogP contribution in [0.25, 0.3) is 0 Å². The molecule has 2 N–H and O–H groups in total. The quantitative estimate of drug-likeness (QED) is 0.792. The lowest BCUT2D eigenvalue weighted by atomic mass is 9.98. The molecule has 9 heteroatoms. The van der Waals surface area contributed by atoms with Gasteiger partial charge in [-0.1, -0.05) is 0 Å². The van der Waals surface area contributed by atoms with Crippen molar-refractivity contribution >= 4 is 11.9 Å². The van der Waals surface area contributed by atoms with E-state index in [1.165, 1.54) is 11.9 Å². The number of carbonyl (C=O) groups is 2. The lowest BCUT2D eigenvalue weighted by molar-refractivity contribution is -0.156. The summed E-state index contributed by atoms with van der Waals surface area (Å²) in [6.45, 7) is 3.36. The number of rotatable bonds is 3. The lowest BCUT2D eigenvalue weighted by Crippen LogP contribution is -2.62. The molecule has 0 aromatic heterocycles. The first-order chi connectivity index (χ1) is 9.53. The van der Waals surface area contributed by atoms with Crippen LogP contribution in [-0.4, -0.2) is 73.2 Å². The van der Waals surface area contributed by atoms with Gasteiger partial charge in [0.25, 0.3) is 0 Å². The number of imide groups is 1. The van der Waals surface area contributed by atoms with Gasteiger partial charge in [-0.3, -0.25) is 19.9 Å². The van der Waals surface area contributed by atoms with Gasteiger partial charge in [-0.2, -0.15) is 13.2 Å². The second-order valence-electron chi connectivity index (χ2n) is 5.69. The summed E-state index contributed by atoms with van der Waals surface area (Å²) in [6.07, 6.45) is -4.23. The Labute approximate surface area is 121 Å². The fourth-order valence-electron chi connectivity index (χ4n) is 2.37. The van der Waals surface area contributed by atoms with E-state index in [9.17, 15) is 22.8 Å². The van der Waals surface area contributed by atoms with Gasteiger partial charge in [0.1, 0.15) is 0 Å². The summed E-state index contributed by atoms with van der Waals surface area (Å²) in [6, 6.07) is -0.603. The number of hydrogen-bond donors (Lipinski definition) is 2. The van der Waals surface area contributed by atoms with Crippen molar-refractivity contribution in [2.45, 2.75) is 25.6 Å². The average molecular weight is 310 g/mol. The number of halogens is 3.